The second kappa shape index (κ2) is 12.1. The van der Waals surface area contributed by atoms with Crippen molar-refractivity contribution in [3.8, 4) is 16.9 Å². The van der Waals surface area contributed by atoms with Crippen LogP contribution in [-0.2, 0) is 10.0 Å². The maximum Gasteiger partial charge on any atom is 0.345 e. The number of benzene rings is 4. The van der Waals surface area contributed by atoms with Crippen molar-refractivity contribution in [1.29, 1.82) is 0 Å². The number of hydrazone groups is 1. The van der Waals surface area contributed by atoms with Crippen LogP contribution >= 0.6 is 11.6 Å². The Balaban J connectivity index is 1.40. The molecule has 14 heteroatoms. The van der Waals surface area contributed by atoms with Crippen molar-refractivity contribution < 1.29 is 17.8 Å². The lowest BCUT2D eigenvalue weighted by Gasteiger charge is -2.12. The minimum absolute atomic E-state index is 0.0568. The van der Waals surface area contributed by atoms with Gasteiger partial charge in [-0.25, -0.2) is 17.9 Å². The number of nitro benzene ring substituents is 1. The zero-order chi connectivity index (χ0) is 31.6. The van der Waals surface area contributed by atoms with Crippen molar-refractivity contribution in [2.75, 3.05) is 10.1 Å². The van der Waals surface area contributed by atoms with E-state index in [0.29, 0.717) is 22.2 Å². The summed E-state index contributed by atoms with van der Waals surface area (Å²) in [7, 11) is -4.37. The average molecular weight is 641 g/mol. The fourth-order valence-electron chi connectivity index (χ4n) is 4.49. The molecule has 0 atom stereocenters. The van der Waals surface area contributed by atoms with Gasteiger partial charge in [0, 0.05) is 29.3 Å². The number of nitrogens with one attached hydrogen (secondary N) is 2. The van der Waals surface area contributed by atoms with Gasteiger partial charge in [0.1, 0.15) is 16.2 Å². The number of para-hydroxylation sites is 3. The average Bonchev–Trinajstić information content (AvgIpc) is 3.46. The molecule has 0 fully saturated rings. The minimum Gasteiger partial charge on any atom is -0.422 e. The van der Waals surface area contributed by atoms with Crippen LogP contribution in [0.3, 0.4) is 0 Å². The Morgan fingerprint density at radius 2 is 1.67 bits per heavy atom. The largest absolute Gasteiger partial charge is 0.422 e. The smallest absolute Gasteiger partial charge is 0.345 e. The molecule has 6 aromatic rings. The summed E-state index contributed by atoms with van der Waals surface area (Å²) >= 11 is 6.13. The molecule has 0 saturated heterocycles. The van der Waals surface area contributed by atoms with Crippen LogP contribution in [0.1, 0.15) is 5.56 Å². The summed E-state index contributed by atoms with van der Waals surface area (Å²) in [5, 5.41) is 21.2. The van der Waals surface area contributed by atoms with E-state index in [1.54, 1.807) is 47.3 Å². The first-order valence-electron chi connectivity index (χ1n) is 13.2. The van der Waals surface area contributed by atoms with Gasteiger partial charge in [-0.2, -0.15) is 10.2 Å². The van der Waals surface area contributed by atoms with Crippen molar-refractivity contribution in [3.05, 3.63) is 140 Å². The highest BCUT2D eigenvalue weighted by Gasteiger charge is 2.24. The molecule has 0 amide bonds. The second-order valence-corrected chi connectivity index (χ2v) is 11.6. The Morgan fingerprint density at radius 1 is 0.933 bits per heavy atom. The lowest BCUT2D eigenvalue weighted by molar-refractivity contribution is -0.385. The number of hydrogen-bond acceptors (Lipinski definition) is 9. The van der Waals surface area contributed by atoms with E-state index in [9.17, 15) is 23.3 Å². The maximum absolute atomic E-state index is 13.4. The summed E-state index contributed by atoms with van der Waals surface area (Å²) < 4.78 is 36.2. The molecule has 0 bridgehead atoms. The molecule has 0 saturated carbocycles. The molecule has 6 rings (SSSR count). The number of sulfonamides is 1. The van der Waals surface area contributed by atoms with Crippen LogP contribution in [0.25, 0.3) is 27.9 Å². The van der Waals surface area contributed by atoms with Gasteiger partial charge in [0.05, 0.1) is 38.8 Å². The highest BCUT2D eigenvalue weighted by molar-refractivity contribution is 7.93. The lowest BCUT2D eigenvalue weighted by atomic mass is 10.1. The summed E-state index contributed by atoms with van der Waals surface area (Å²) in [4.78, 5) is 23.4. The predicted molar refractivity (Wildman–Crippen MR) is 172 cm³/mol. The third kappa shape index (κ3) is 6.16. The molecule has 2 N–H and O–H groups in total. The molecule has 2 heterocycles. The SMILES string of the molecule is O=c1oc2ccccc2cc1-c1nn(-c2ccccc2)cc1/C=N/Nc1ccc([N+](=O)[O-])cc1S(=O)(=O)Nc1ccccc1Cl. The molecule has 0 aliphatic carbocycles. The van der Waals surface area contributed by atoms with Crippen molar-refractivity contribution in [2.45, 2.75) is 4.90 Å². The van der Waals surface area contributed by atoms with Gasteiger partial charge in [0.15, 0.2) is 0 Å². The third-order valence-corrected chi connectivity index (χ3v) is 8.37. The molecule has 0 unspecified atom stereocenters. The zero-order valence-corrected chi connectivity index (χ0v) is 24.6. The van der Waals surface area contributed by atoms with Crippen molar-refractivity contribution >= 4 is 55.9 Å². The number of nitrogens with zero attached hydrogens (tertiary/aromatic N) is 4. The molecule has 45 heavy (non-hydrogen) atoms. The van der Waals surface area contributed by atoms with Gasteiger partial charge >= 0.3 is 5.63 Å². The van der Waals surface area contributed by atoms with Gasteiger partial charge in [-0.3, -0.25) is 20.3 Å². The summed E-state index contributed by atoms with van der Waals surface area (Å²) in [6, 6.07) is 27.4. The molecule has 224 valence electrons. The van der Waals surface area contributed by atoms with Crippen LogP contribution < -0.4 is 15.8 Å². The molecular formula is C31H21ClN6O6S. The monoisotopic (exact) mass is 640 g/mol. The Bertz CT molecular complexity index is 2270. The van der Waals surface area contributed by atoms with E-state index in [0.717, 1.165) is 12.1 Å². The number of fused-ring (bicyclic) bond motifs is 1. The zero-order valence-electron chi connectivity index (χ0n) is 23.0. The maximum atomic E-state index is 13.4. The number of non-ortho nitro benzene ring substituents is 1. The third-order valence-electron chi connectivity index (χ3n) is 6.63. The first-order chi connectivity index (χ1) is 21.7. The van der Waals surface area contributed by atoms with E-state index in [2.05, 4.69) is 20.3 Å². The number of nitro groups is 1. The van der Waals surface area contributed by atoms with Gasteiger partial charge in [-0.1, -0.05) is 60.1 Å². The molecular weight excluding hydrogens is 620 g/mol. The summed E-state index contributed by atoms with van der Waals surface area (Å²) in [6.45, 7) is 0. The van der Waals surface area contributed by atoms with E-state index < -0.39 is 31.2 Å². The molecule has 2 aromatic heterocycles. The minimum atomic E-state index is -4.37. The predicted octanol–water partition coefficient (Wildman–Crippen LogP) is 6.45. The normalized spacial score (nSPS) is 11.6. The highest BCUT2D eigenvalue weighted by Crippen LogP contribution is 2.31. The molecule has 0 aliphatic heterocycles. The first-order valence-corrected chi connectivity index (χ1v) is 15.1. The lowest BCUT2D eigenvalue weighted by Crippen LogP contribution is -2.15. The number of halogens is 1. The van der Waals surface area contributed by atoms with Gasteiger partial charge in [-0.15, -0.1) is 0 Å². The van der Waals surface area contributed by atoms with E-state index in [4.69, 9.17) is 16.0 Å². The van der Waals surface area contributed by atoms with Crippen LogP contribution in [0.2, 0.25) is 5.02 Å². The quantitative estimate of drug-likeness (QED) is 0.0788. The Labute approximate surface area is 260 Å². The highest BCUT2D eigenvalue weighted by atomic mass is 35.5. The summed E-state index contributed by atoms with van der Waals surface area (Å²) in [5.41, 5.74) is 3.63. The summed E-state index contributed by atoms with van der Waals surface area (Å²) in [5.74, 6) is 0. The fraction of sp³-hybridized carbons (Fsp3) is 0. The van der Waals surface area contributed by atoms with Gasteiger partial charge < -0.3 is 4.42 Å². The van der Waals surface area contributed by atoms with Crippen LogP contribution in [-0.4, -0.2) is 29.3 Å². The number of hydrogen-bond donors (Lipinski definition) is 2. The van der Waals surface area contributed by atoms with Gasteiger partial charge in [0.25, 0.3) is 15.7 Å². The molecule has 0 radical (unpaired) electrons. The molecule has 4 aromatic carbocycles. The fourth-order valence-corrected chi connectivity index (χ4v) is 5.98. The van der Waals surface area contributed by atoms with Crippen LogP contribution in [0, 0.1) is 10.1 Å². The van der Waals surface area contributed by atoms with E-state index >= 15 is 0 Å². The Hall–Kier alpha value is -5.79. The van der Waals surface area contributed by atoms with Crippen LogP contribution in [0.5, 0.6) is 0 Å². The first kappa shape index (κ1) is 29.3. The van der Waals surface area contributed by atoms with Crippen molar-refractivity contribution in [2.24, 2.45) is 5.10 Å². The van der Waals surface area contributed by atoms with Gasteiger partial charge in [0.2, 0.25) is 0 Å². The number of aromatic nitrogens is 2. The summed E-state index contributed by atoms with van der Waals surface area (Å²) in [6.07, 6.45) is 3.01. The van der Waals surface area contributed by atoms with Crippen LogP contribution in [0.4, 0.5) is 17.1 Å². The molecule has 0 aliphatic rings. The van der Waals surface area contributed by atoms with E-state index in [1.165, 1.54) is 24.4 Å². The Morgan fingerprint density at radius 3 is 2.44 bits per heavy atom. The van der Waals surface area contributed by atoms with Gasteiger partial charge in [-0.05, 0) is 42.5 Å². The van der Waals surface area contributed by atoms with Crippen molar-refractivity contribution in [3.63, 3.8) is 0 Å². The standard InChI is InChI=1S/C31H21ClN6O6S/c32-25-11-5-6-12-26(25)36-45(42,43)29-17-23(38(40)41)14-15-27(29)34-33-18-21-19-37(22-9-2-1-3-10-22)35-30(21)24-16-20-8-4-7-13-28(20)44-31(24)39/h1-19,34,36H/b33-18+. The van der Waals surface area contributed by atoms with Crippen molar-refractivity contribution in [1.82, 2.24) is 9.78 Å². The topological polar surface area (TPSA) is 162 Å². The van der Waals surface area contributed by atoms with E-state index in [-0.39, 0.29) is 27.7 Å². The Kier molecular flexibility index (Phi) is 7.86. The van der Waals surface area contributed by atoms with Crippen LogP contribution in [0.15, 0.2) is 129 Å². The number of rotatable bonds is 9. The number of anilines is 2. The molecule has 12 nitrogen and oxygen atoms in total. The molecule has 0 spiro atoms. The van der Waals surface area contributed by atoms with E-state index in [1.807, 2.05) is 36.4 Å². The second-order valence-electron chi connectivity index (χ2n) is 9.59.